The number of halogens is 3. The topological polar surface area (TPSA) is 96.3 Å². The average molecular weight is 416 g/mol. The van der Waals surface area contributed by atoms with Crippen LogP contribution in [-0.2, 0) is 4.74 Å². The maximum atomic E-state index is 12.5. The molecule has 1 aromatic rings. The Kier molecular flexibility index (Phi) is 8.20. The number of carbonyl (C=O) groups is 1. The quantitative estimate of drug-likeness (QED) is 0.307. The first-order valence-corrected chi connectivity index (χ1v) is 9.07. The molecule has 10 heteroatoms. The standard InChI is InChI=1S/C19H27F3N4O3/c1-17(2,3)12-18(4,5)29-16(27)25-15(9-10-24-26-23)13-7-6-8-14(11-13)28-19(20,21)22/h6-8,11,15H,9-10,12H2,1-5H3,(H,25,27). The summed E-state index contributed by atoms with van der Waals surface area (Å²) in [5, 5.41) is 6.07. The number of amides is 1. The second-order valence-corrected chi connectivity index (χ2v) is 8.45. The summed E-state index contributed by atoms with van der Waals surface area (Å²) in [5.41, 5.74) is 8.01. The third kappa shape index (κ3) is 10.5. The molecule has 162 valence electrons. The fourth-order valence-electron chi connectivity index (χ4n) is 3.22. The Labute approximate surface area is 168 Å². The van der Waals surface area contributed by atoms with Gasteiger partial charge in [-0.05, 0) is 55.3 Å². The van der Waals surface area contributed by atoms with E-state index in [0.29, 0.717) is 12.0 Å². The maximum Gasteiger partial charge on any atom is 0.573 e. The molecule has 0 heterocycles. The lowest BCUT2D eigenvalue weighted by Gasteiger charge is -2.32. The van der Waals surface area contributed by atoms with Gasteiger partial charge in [-0.2, -0.15) is 0 Å². The Morgan fingerprint density at radius 3 is 2.45 bits per heavy atom. The molecular weight excluding hydrogens is 389 g/mol. The highest BCUT2D eigenvalue weighted by molar-refractivity contribution is 5.68. The number of rotatable bonds is 8. The maximum absolute atomic E-state index is 12.5. The van der Waals surface area contributed by atoms with E-state index >= 15 is 0 Å². The van der Waals surface area contributed by atoms with E-state index in [0.717, 1.165) is 6.07 Å². The second-order valence-electron chi connectivity index (χ2n) is 8.45. The van der Waals surface area contributed by atoms with Crippen LogP contribution < -0.4 is 10.1 Å². The zero-order chi connectivity index (χ0) is 22.3. The summed E-state index contributed by atoms with van der Waals surface area (Å²) >= 11 is 0. The highest BCUT2D eigenvalue weighted by Crippen LogP contribution is 2.30. The molecule has 1 unspecified atom stereocenters. The molecule has 1 aromatic carbocycles. The molecule has 7 nitrogen and oxygen atoms in total. The van der Waals surface area contributed by atoms with Gasteiger partial charge in [0.1, 0.15) is 11.4 Å². The van der Waals surface area contributed by atoms with Gasteiger partial charge < -0.3 is 14.8 Å². The van der Waals surface area contributed by atoms with Gasteiger partial charge in [0.25, 0.3) is 0 Å². The van der Waals surface area contributed by atoms with E-state index in [1.807, 2.05) is 20.8 Å². The predicted octanol–water partition coefficient (Wildman–Crippen LogP) is 6.27. The molecular formula is C19H27F3N4O3. The number of ether oxygens (including phenoxy) is 2. The number of nitrogens with one attached hydrogen (secondary N) is 1. The number of carbonyl (C=O) groups excluding carboxylic acids is 1. The van der Waals surface area contributed by atoms with Gasteiger partial charge in [0.15, 0.2) is 0 Å². The Balaban J connectivity index is 2.97. The van der Waals surface area contributed by atoms with E-state index in [4.69, 9.17) is 10.3 Å². The summed E-state index contributed by atoms with van der Waals surface area (Å²) in [6.07, 6.45) is -4.77. The summed E-state index contributed by atoms with van der Waals surface area (Å²) in [7, 11) is 0. The number of hydrogen-bond donors (Lipinski definition) is 1. The van der Waals surface area contributed by atoms with Crippen molar-refractivity contribution in [2.75, 3.05) is 6.54 Å². The molecule has 0 radical (unpaired) electrons. The first-order valence-electron chi connectivity index (χ1n) is 9.07. The van der Waals surface area contributed by atoms with Crippen LogP contribution in [0.25, 0.3) is 10.4 Å². The fourth-order valence-corrected chi connectivity index (χ4v) is 3.22. The zero-order valence-corrected chi connectivity index (χ0v) is 17.2. The summed E-state index contributed by atoms with van der Waals surface area (Å²) in [6.45, 7) is 9.66. The molecule has 1 amide bonds. The fraction of sp³-hybridized carbons (Fsp3) is 0.632. The molecule has 0 aromatic heterocycles. The number of alkyl carbamates (subject to hydrolysis) is 1. The van der Waals surface area contributed by atoms with Gasteiger partial charge in [-0.15, -0.1) is 13.2 Å². The van der Waals surface area contributed by atoms with Gasteiger partial charge in [-0.3, -0.25) is 0 Å². The SMILES string of the molecule is CC(C)(C)CC(C)(C)OC(=O)NC(CCN=[N+]=[N-])c1cccc(OC(F)(F)F)c1. The van der Waals surface area contributed by atoms with Crippen LogP contribution in [0.15, 0.2) is 29.4 Å². The van der Waals surface area contributed by atoms with Crippen LogP contribution in [0.1, 0.15) is 59.1 Å². The first-order chi connectivity index (χ1) is 13.2. The molecule has 0 bridgehead atoms. The molecule has 0 spiro atoms. The molecule has 0 aliphatic carbocycles. The summed E-state index contributed by atoms with van der Waals surface area (Å²) in [5.74, 6) is -0.410. The molecule has 29 heavy (non-hydrogen) atoms. The summed E-state index contributed by atoms with van der Waals surface area (Å²) in [6, 6.07) is 4.54. The zero-order valence-electron chi connectivity index (χ0n) is 17.2. The normalized spacial score (nSPS) is 13.2. The minimum absolute atomic E-state index is 0.0389. The Hall–Kier alpha value is -2.61. The van der Waals surface area contributed by atoms with E-state index in [1.54, 1.807) is 19.9 Å². The van der Waals surface area contributed by atoms with Gasteiger partial charge in [0.05, 0.1) is 6.04 Å². The molecule has 1 atom stereocenters. The van der Waals surface area contributed by atoms with Crippen LogP contribution in [0.5, 0.6) is 5.75 Å². The molecule has 0 fully saturated rings. The number of azide groups is 1. The van der Waals surface area contributed by atoms with Gasteiger partial charge in [-0.1, -0.05) is 38.0 Å². The van der Waals surface area contributed by atoms with Crippen molar-refractivity contribution in [3.05, 3.63) is 40.3 Å². The minimum atomic E-state index is -4.83. The smallest absolute Gasteiger partial charge is 0.444 e. The van der Waals surface area contributed by atoms with E-state index in [1.165, 1.54) is 12.1 Å². The van der Waals surface area contributed by atoms with Crippen molar-refractivity contribution in [2.45, 2.75) is 65.5 Å². The molecule has 0 aliphatic heterocycles. The van der Waals surface area contributed by atoms with E-state index < -0.39 is 29.8 Å². The van der Waals surface area contributed by atoms with Crippen molar-refractivity contribution in [3.8, 4) is 5.75 Å². The third-order valence-electron chi connectivity index (χ3n) is 3.69. The van der Waals surface area contributed by atoms with Gasteiger partial charge in [0, 0.05) is 11.5 Å². The van der Waals surface area contributed by atoms with Crippen molar-refractivity contribution in [1.29, 1.82) is 0 Å². The highest BCUT2D eigenvalue weighted by Gasteiger charge is 2.32. The van der Waals surface area contributed by atoms with Gasteiger partial charge in [-0.25, -0.2) is 4.79 Å². The van der Waals surface area contributed by atoms with Crippen molar-refractivity contribution in [2.24, 2.45) is 10.5 Å². The van der Waals surface area contributed by atoms with Gasteiger partial charge in [0.2, 0.25) is 0 Å². The summed E-state index contributed by atoms with van der Waals surface area (Å²) in [4.78, 5) is 15.1. The lowest BCUT2D eigenvalue weighted by molar-refractivity contribution is -0.274. The molecule has 0 aliphatic rings. The van der Waals surface area contributed by atoms with Crippen molar-refractivity contribution < 1.29 is 27.4 Å². The monoisotopic (exact) mass is 416 g/mol. The first kappa shape index (κ1) is 24.4. The largest absolute Gasteiger partial charge is 0.573 e. The minimum Gasteiger partial charge on any atom is -0.444 e. The Morgan fingerprint density at radius 2 is 1.90 bits per heavy atom. The third-order valence-corrected chi connectivity index (χ3v) is 3.69. The molecule has 0 saturated heterocycles. The van der Waals surface area contributed by atoms with E-state index in [-0.39, 0.29) is 18.4 Å². The lowest BCUT2D eigenvalue weighted by atomic mass is 9.84. The van der Waals surface area contributed by atoms with E-state index in [2.05, 4.69) is 20.1 Å². The molecule has 1 rings (SSSR count). The second kappa shape index (κ2) is 9.73. The van der Waals surface area contributed by atoms with Crippen molar-refractivity contribution in [3.63, 3.8) is 0 Å². The van der Waals surface area contributed by atoms with Crippen LogP contribution in [-0.4, -0.2) is 24.6 Å². The van der Waals surface area contributed by atoms with Crippen LogP contribution in [0, 0.1) is 5.41 Å². The van der Waals surface area contributed by atoms with Crippen LogP contribution in [0.2, 0.25) is 0 Å². The van der Waals surface area contributed by atoms with Gasteiger partial charge >= 0.3 is 12.5 Å². The molecule has 0 saturated carbocycles. The number of nitrogens with zero attached hydrogens (tertiary/aromatic N) is 3. The predicted molar refractivity (Wildman–Crippen MR) is 102 cm³/mol. The number of hydrogen-bond acceptors (Lipinski definition) is 4. The van der Waals surface area contributed by atoms with Crippen LogP contribution in [0.4, 0.5) is 18.0 Å². The lowest BCUT2D eigenvalue weighted by Crippen LogP contribution is -2.39. The average Bonchev–Trinajstić information content (AvgIpc) is 2.49. The number of alkyl halides is 3. The van der Waals surface area contributed by atoms with E-state index in [9.17, 15) is 18.0 Å². The summed E-state index contributed by atoms with van der Waals surface area (Å²) < 4.78 is 46.9. The van der Waals surface area contributed by atoms with Crippen LogP contribution in [0.3, 0.4) is 0 Å². The number of benzene rings is 1. The molecule has 1 N–H and O–H groups in total. The highest BCUT2D eigenvalue weighted by atomic mass is 19.4. The Morgan fingerprint density at radius 1 is 1.24 bits per heavy atom. The van der Waals surface area contributed by atoms with Crippen molar-refractivity contribution in [1.82, 2.24) is 5.32 Å². The Bertz CT molecular complexity index is 739. The van der Waals surface area contributed by atoms with Crippen molar-refractivity contribution >= 4 is 6.09 Å². The van der Waals surface area contributed by atoms with Crippen LogP contribution >= 0.6 is 0 Å².